The highest BCUT2D eigenvalue weighted by Crippen LogP contribution is 2.34. The monoisotopic (exact) mass is 416 g/mol. The Balaban J connectivity index is 2.22. The largest absolute Gasteiger partial charge is 0.476 e. The molecule has 0 aliphatic carbocycles. The molecular formula is C22H22Cl2N2O2. The van der Waals surface area contributed by atoms with Crippen molar-refractivity contribution < 1.29 is 9.90 Å². The van der Waals surface area contributed by atoms with Gasteiger partial charge in [-0.3, -0.25) is 0 Å². The van der Waals surface area contributed by atoms with E-state index in [0.29, 0.717) is 21.3 Å². The van der Waals surface area contributed by atoms with Crippen molar-refractivity contribution in [3.8, 4) is 16.9 Å². The third kappa shape index (κ3) is 4.08. The summed E-state index contributed by atoms with van der Waals surface area (Å²) in [5.74, 6) is -1.06. The van der Waals surface area contributed by atoms with Gasteiger partial charge in [-0.05, 0) is 43.5 Å². The van der Waals surface area contributed by atoms with Gasteiger partial charge in [-0.2, -0.15) is 5.10 Å². The minimum Gasteiger partial charge on any atom is -0.476 e. The molecule has 0 aliphatic heterocycles. The van der Waals surface area contributed by atoms with Crippen molar-refractivity contribution in [1.82, 2.24) is 9.78 Å². The van der Waals surface area contributed by atoms with Crippen LogP contribution in [0.3, 0.4) is 0 Å². The molecule has 1 heterocycles. The standard InChI is InChI=1S/C22H22Cl2N2O2/c1-3-4-5-8-15-9-6-7-10-17(15)21-14(2)20(22(27)28)25-26(21)19-12-11-16(23)13-18(19)24/h6-7,9-13H,3-5,8H2,1-2H3,(H,27,28). The Kier molecular flexibility index (Phi) is 6.42. The summed E-state index contributed by atoms with van der Waals surface area (Å²) in [6, 6.07) is 13.2. The predicted octanol–water partition coefficient (Wildman–Crippen LogP) is 6.59. The Morgan fingerprint density at radius 2 is 1.89 bits per heavy atom. The molecule has 1 N–H and O–H groups in total. The molecule has 0 saturated carbocycles. The van der Waals surface area contributed by atoms with E-state index in [9.17, 15) is 9.90 Å². The average Bonchev–Trinajstić information content (AvgIpc) is 2.99. The fourth-order valence-electron chi connectivity index (χ4n) is 3.38. The zero-order valence-electron chi connectivity index (χ0n) is 15.9. The lowest BCUT2D eigenvalue weighted by Crippen LogP contribution is -2.03. The van der Waals surface area contributed by atoms with E-state index in [1.807, 2.05) is 18.2 Å². The second-order valence-corrected chi connectivity index (χ2v) is 7.59. The Labute approximate surface area is 174 Å². The number of aromatic nitrogens is 2. The molecule has 0 spiro atoms. The minimum atomic E-state index is -1.06. The number of hydrogen-bond acceptors (Lipinski definition) is 2. The summed E-state index contributed by atoms with van der Waals surface area (Å²) in [6.07, 6.45) is 4.29. The van der Waals surface area contributed by atoms with E-state index in [1.165, 1.54) is 5.56 Å². The van der Waals surface area contributed by atoms with Crippen molar-refractivity contribution >= 4 is 29.2 Å². The summed E-state index contributed by atoms with van der Waals surface area (Å²) in [5, 5.41) is 14.9. The van der Waals surface area contributed by atoms with Crippen molar-refractivity contribution in [3.05, 3.63) is 69.3 Å². The number of benzene rings is 2. The van der Waals surface area contributed by atoms with Crippen LogP contribution in [0.2, 0.25) is 10.0 Å². The zero-order chi connectivity index (χ0) is 20.3. The lowest BCUT2D eigenvalue weighted by molar-refractivity contribution is 0.0689. The quantitative estimate of drug-likeness (QED) is 0.442. The molecule has 2 aromatic carbocycles. The second-order valence-electron chi connectivity index (χ2n) is 6.75. The molecule has 28 heavy (non-hydrogen) atoms. The third-order valence-electron chi connectivity index (χ3n) is 4.78. The van der Waals surface area contributed by atoms with Crippen LogP contribution in [0.1, 0.15) is 47.8 Å². The van der Waals surface area contributed by atoms with Crippen LogP contribution in [0.4, 0.5) is 0 Å². The van der Waals surface area contributed by atoms with Gasteiger partial charge < -0.3 is 5.11 Å². The van der Waals surface area contributed by atoms with Gasteiger partial charge in [0.05, 0.1) is 16.4 Å². The van der Waals surface area contributed by atoms with Crippen molar-refractivity contribution in [3.63, 3.8) is 0 Å². The number of carboxylic acid groups (broad SMARTS) is 1. The fourth-order valence-corrected chi connectivity index (χ4v) is 3.87. The second kappa shape index (κ2) is 8.80. The molecule has 0 amide bonds. The maximum atomic E-state index is 11.8. The lowest BCUT2D eigenvalue weighted by Gasteiger charge is -2.14. The highest BCUT2D eigenvalue weighted by atomic mass is 35.5. The van der Waals surface area contributed by atoms with Crippen LogP contribution >= 0.6 is 23.2 Å². The third-order valence-corrected chi connectivity index (χ3v) is 5.32. The van der Waals surface area contributed by atoms with E-state index in [4.69, 9.17) is 23.2 Å². The number of aryl methyl sites for hydroxylation is 1. The minimum absolute atomic E-state index is 0.0179. The van der Waals surface area contributed by atoms with Gasteiger partial charge in [0.15, 0.2) is 5.69 Å². The summed E-state index contributed by atoms with van der Waals surface area (Å²) in [4.78, 5) is 11.8. The van der Waals surface area contributed by atoms with Gasteiger partial charge in [0, 0.05) is 16.1 Å². The predicted molar refractivity (Wildman–Crippen MR) is 114 cm³/mol. The zero-order valence-corrected chi connectivity index (χ0v) is 17.4. The molecule has 0 saturated heterocycles. The average molecular weight is 417 g/mol. The van der Waals surface area contributed by atoms with E-state index in [-0.39, 0.29) is 5.69 Å². The van der Waals surface area contributed by atoms with Gasteiger partial charge >= 0.3 is 5.97 Å². The van der Waals surface area contributed by atoms with Gasteiger partial charge in [-0.1, -0.05) is 67.2 Å². The number of rotatable bonds is 7. The van der Waals surface area contributed by atoms with Crippen molar-refractivity contribution in [2.45, 2.75) is 39.5 Å². The van der Waals surface area contributed by atoms with E-state index in [0.717, 1.165) is 36.9 Å². The highest BCUT2D eigenvalue weighted by molar-refractivity contribution is 6.35. The number of nitrogens with zero attached hydrogens (tertiary/aromatic N) is 2. The summed E-state index contributed by atoms with van der Waals surface area (Å²) in [7, 11) is 0. The van der Waals surface area contributed by atoms with Crippen molar-refractivity contribution in [1.29, 1.82) is 0 Å². The molecule has 0 fully saturated rings. The van der Waals surface area contributed by atoms with E-state index >= 15 is 0 Å². The molecule has 3 aromatic rings. The number of aromatic carboxylic acids is 1. The molecule has 0 bridgehead atoms. The van der Waals surface area contributed by atoms with Crippen LogP contribution in [0.25, 0.3) is 16.9 Å². The van der Waals surface area contributed by atoms with Crippen LogP contribution in [-0.2, 0) is 6.42 Å². The first-order valence-electron chi connectivity index (χ1n) is 9.30. The first kappa shape index (κ1) is 20.4. The summed E-state index contributed by atoms with van der Waals surface area (Å²) in [6.45, 7) is 3.96. The van der Waals surface area contributed by atoms with Gasteiger partial charge in [0.25, 0.3) is 0 Å². The van der Waals surface area contributed by atoms with E-state index in [2.05, 4.69) is 18.1 Å². The van der Waals surface area contributed by atoms with Crippen LogP contribution in [0.15, 0.2) is 42.5 Å². The van der Waals surface area contributed by atoms with Crippen LogP contribution in [0.5, 0.6) is 0 Å². The molecular weight excluding hydrogens is 395 g/mol. The topological polar surface area (TPSA) is 55.1 Å². The van der Waals surface area contributed by atoms with Gasteiger partial charge in [-0.15, -0.1) is 0 Å². The first-order valence-corrected chi connectivity index (χ1v) is 10.1. The van der Waals surface area contributed by atoms with Gasteiger partial charge in [-0.25, -0.2) is 9.48 Å². The van der Waals surface area contributed by atoms with Crippen LogP contribution in [0, 0.1) is 6.92 Å². The number of carboxylic acids is 1. The SMILES string of the molecule is CCCCCc1ccccc1-c1c(C)c(C(=O)O)nn1-c1ccc(Cl)cc1Cl. The highest BCUT2D eigenvalue weighted by Gasteiger charge is 2.24. The molecule has 0 atom stereocenters. The smallest absolute Gasteiger partial charge is 0.356 e. The maximum Gasteiger partial charge on any atom is 0.356 e. The normalized spacial score (nSPS) is 11.0. The Morgan fingerprint density at radius 1 is 1.14 bits per heavy atom. The molecule has 0 radical (unpaired) electrons. The molecule has 3 rings (SSSR count). The van der Waals surface area contributed by atoms with Crippen molar-refractivity contribution in [2.24, 2.45) is 0 Å². The molecule has 6 heteroatoms. The summed E-state index contributed by atoms with van der Waals surface area (Å²) >= 11 is 12.5. The maximum absolute atomic E-state index is 11.8. The summed E-state index contributed by atoms with van der Waals surface area (Å²) in [5.41, 5.74) is 4.11. The molecule has 0 aliphatic rings. The molecule has 146 valence electrons. The van der Waals surface area contributed by atoms with Gasteiger partial charge in [0.2, 0.25) is 0 Å². The van der Waals surface area contributed by atoms with E-state index in [1.54, 1.807) is 29.8 Å². The molecule has 0 unspecified atom stereocenters. The van der Waals surface area contributed by atoms with Crippen LogP contribution in [-0.4, -0.2) is 20.9 Å². The molecule has 4 nitrogen and oxygen atoms in total. The molecule has 1 aromatic heterocycles. The Hall–Kier alpha value is -2.30. The Morgan fingerprint density at radius 3 is 2.57 bits per heavy atom. The summed E-state index contributed by atoms with van der Waals surface area (Å²) < 4.78 is 1.62. The van der Waals surface area contributed by atoms with Crippen LogP contribution < -0.4 is 0 Å². The first-order chi connectivity index (χ1) is 13.4. The lowest BCUT2D eigenvalue weighted by atomic mass is 9.96. The Bertz CT molecular complexity index is 1010. The number of halogens is 2. The number of hydrogen-bond donors (Lipinski definition) is 1. The van der Waals surface area contributed by atoms with Crippen molar-refractivity contribution in [2.75, 3.05) is 0 Å². The number of unbranched alkanes of at least 4 members (excludes halogenated alkanes) is 2. The van der Waals surface area contributed by atoms with E-state index < -0.39 is 5.97 Å². The van der Waals surface area contributed by atoms with Gasteiger partial charge in [0.1, 0.15) is 0 Å². The fraction of sp³-hybridized carbons (Fsp3) is 0.273. The number of carbonyl (C=O) groups is 1.